The van der Waals surface area contributed by atoms with Crippen molar-refractivity contribution in [3.8, 4) is 0 Å². The highest BCUT2D eigenvalue weighted by molar-refractivity contribution is 5.85. The summed E-state index contributed by atoms with van der Waals surface area (Å²) in [5.41, 5.74) is 0.360. The number of carbonyl (C=O) groups excluding carboxylic acids is 1. The van der Waals surface area contributed by atoms with Crippen LogP contribution in [0.15, 0.2) is 23.8 Å². The number of cyclic esters (lactones) is 1. The molecule has 3 atom stereocenters. The van der Waals surface area contributed by atoms with Gasteiger partial charge in [-0.25, -0.2) is 4.79 Å². The Morgan fingerprint density at radius 3 is 2.79 bits per heavy atom. The Hall–Kier alpha value is -1.17. The van der Waals surface area contributed by atoms with Crippen molar-refractivity contribution in [1.82, 2.24) is 0 Å². The Balaban J connectivity index is 2.12. The maximum Gasteiger partial charge on any atom is 0.333 e. The highest BCUT2D eigenvalue weighted by Crippen LogP contribution is 2.25. The van der Waals surface area contributed by atoms with E-state index >= 15 is 0 Å². The molecule has 76 valence electrons. The number of esters is 1. The summed E-state index contributed by atoms with van der Waals surface area (Å²) in [7, 11) is 0. The molecule has 0 amide bonds. The van der Waals surface area contributed by atoms with Crippen molar-refractivity contribution >= 4 is 5.97 Å². The second-order valence-corrected chi connectivity index (χ2v) is 3.11. The fourth-order valence-corrected chi connectivity index (χ4v) is 1.47. The van der Waals surface area contributed by atoms with E-state index in [0.29, 0.717) is 12.0 Å². The van der Waals surface area contributed by atoms with E-state index in [1.165, 1.54) is 12.2 Å². The first-order valence-corrected chi connectivity index (χ1v) is 4.27. The summed E-state index contributed by atoms with van der Waals surface area (Å²) in [6.45, 7) is 0. The molecule has 2 N–H and O–H groups in total. The van der Waals surface area contributed by atoms with E-state index in [9.17, 15) is 9.90 Å². The third-order valence-electron chi connectivity index (χ3n) is 2.12. The summed E-state index contributed by atoms with van der Waals surface area (Å²) in [5.74, 6) is -0.583. The molecule has 2 heterocycles. The first-order valence-electron chi connectivity index (χ1n) is 4.27. The number of aliphatic hydroxyl groups is 2. The van der Waals surface area contributed by atoms with Crippen LogP contribution in [0.3, 0.4) is 0 Å². The van der Waals surface area contributed by atoms with Gasteiger partial charge in [0.15, 0.2) is 6.29 Å². The third-order valence-corrected chi connectivity index (χ3v) is 2.12. The summed E-state index contributed by atoms with van der Waals surface area (Å²) in [4.78, 5) is 10.8. The molecule has 5 nitrogen and oxygen atoms in total. The van der Waals surface area contributed by atoms with E-state index in [-0.39, 0.29) is 0 Å². The van der Waals surface area contributed by atoms with Gasteiger partial charge in [-0.3, -0.25) is 0 Å². The van der Waals surface area contributed by atoms with Crippen LogP contribution in [0.4, 0.5) is 0 Å². The van der Waals surface area contributed by atoms with Crippen LogP contribution in [0.2, 0.25) is 0 Å². The molecule has 5 heteroatoms. The van der Waals surface area contributed by atoms with Crippen LogP contribution in [0.1, 0.15) is 6.42 Å². The van der Waals surface area contributed by atoms with Crippen molar-refractivity contribution < 1.29 is 24.5 Å². The summed E-state index contributed by atoms with van der Waals surface area (Å²) >= 11 is 0. The number of hydrogen-bond acceptors (Lipinski definition) is 5. The number of rotatable bonds is 1. The molecule has 2 aliphatic rings. The van der Waals surface area contributed by atoms with Crippen LogP contribution in [-0.4, -0.2) is 34.9 Å². The Morgan fingerprint density at radius 2 is 2.21 bits per heavy atom. The Bertz CT molecular complexity index is 306. The van der Waals surface area contributed by atoms with Crippen molar-refractivity contribution in [1.29, 1.82) is 0 Å². The number of aliphatic hydroxyl groups excluding tert-OH is 2. The van der Waals surface area contributed by atoms with Crippen LogP contribution >= 0.6 is 0 Å². The van der Waals surface area contributed by atoms with E-state index in [1.54, 1.807) is 6.08 Å². The minimum absolute atomic E-state index is 0.360. The lowest BCUT2D eigenvalue weighted by Crippen LogP contribution is -2.29. The van der Waals surface area contributed by atoms with Gasteiger partial charge in [-0.15, -0.1) is 0 Å². The fourth-order valence-electron chi connectivity index (χ4n) is 1.47. The zero-order chi connectivity index (χ0) is 10.1. The van der Waals surface area contributed by atoms with Gasteiger partial charge in [0.05, 0.1) is 6.10 Å². The molecule has 0 radical (unpaired) electrons. The van der Waals surface area contributed by atoms with Crippen LogP contribution in [0.25, 0.3) is 0 Å². The minimum atomic E-state index is -1.24. The number of hydrogen-bond donors (Lipinski definition) is 2. The minimum Gasteiger partial charge on any atom is -0.429 e. The molecule has 2 rings (SSSR count). The van der Waals surface area contributed by atoms with Crippen LogP contribution in [-0.2, 0) is 14.3 Å². The fraction of sp³-hybridized carbons (Fsp3) is 0.444. The molecule has 0 saturated heterocycles. The summed E-state index contributed by atoms with van der Waals surface area (Å²) in [6.07, 6.45) is 2.22. The highest BCUT2D eigenvalue weighted by atomic mass is 16.6. The molecular formula is C9H10O5. The maximum absolute atomic E-state index is 10.8. The summed E-state index contributed by atoms with van der Waals surface area (Å²) < 4.78 is 9.60. The quantitative estimate of drug-likeness (QED) is 0.437. The molecule has 0 aliphatic carbocycles. The van der Waals surface area contributed by atoms with Gasteiger partial charge in [0.1, 0.15) is 0 Å². The average Bonchev–Trinajstić information content (AvgIpc) is 2.45. The molecule has 2 aliphatic heterocycles. The smallest absolute Gasteiger partial charge is 0.333 e. The van der Waals surface area contributed by atoms with Crippen molar-refractivity contribution in [2.75, 3.05) is 0 Å². The second-order valence-electron chi connectivity index (χ2n) is 3.11. The van der Waals surface area contributed by atoms with E-state index in [2.05, 4.69) is 4.74 Å². The Labute approximate surface area is 80.2 Å². The summed E-state index contributed by atoms with van der Waals surface area (Å²) in [5, 5.41) is 18.4. The lowest BCUT2D eigenvalue weighted by Gasteiger charge is -2.24. The van der Waals surface area contributed by atoms with E-state index in [4.69, 9.17) is 9.84 Å². The zero-order valence-electron chi connectivity index (χ0n) is 7.29. The topological polar surface area (TPSA) is 76.0 Å². The number of carbonyl (C=O) groups is 1. The van der Waals surface area contributed by atoms with Gasteiger partial charge in [-0.1, -0.05) is 6.08 Å². The van der Waals surface area contributed by atoms with Crippen molar-refractivity contribution in [2.45, 2.75) is 25.1 Å². The monoisotopic (exact) mass is 198 g/mol. The van der Waals surface area contributed by atoms with Gasteiger partial charge >= 0.3 is 5.97 Å². The van der Waals surface area contributed by atoms with Gasteiger partial charge < -0.3 is 19.7 Å². The van der Waals surface area contributed by atoms with Crippen LogP contribution < -0.4 is 0 Å². The first kappa shape index (κ1) is 9.39. The molecule has 0 aromatic heterocycles. The number of ether oxygens (including phenoxy) is 2. The molecule has 14 heavy (non-hydrogen) atoms. The highest BCUT2D eigenvalue weighted by Gasteiger charge is 2.32. The second kappa shape index (κ2) is 3.53. The standard InChI is InChI=1S/C9H10O5/c10-7-3-1-2-6(13-7)5-4-8(11)14-9(5)12/h1,3-4,6-7,9-10,12H,2H2/t6-,7?,9?/m1/s1. The normalized spacial score (nSPS) is 36.9. The SMILES string of the molecule is O=C1C=C([C@H]2CC=CC(O)O2)C(O)O1. The molecule has 0 aromatic carbocycles. The van der Waals surface area contributed by atoms with Crippen LogP contribution in [0, 0.1) is 0 Å². The van der Waals surface area contributed by atoms with E-state index in [1.807, 2.05) is 0 Å². The van der Waals surface area contributed by atoms with E-state index < -0.39 is 24.7 Å². The zero-order valence-corrected chi connectivity index (χ0v) is 7.29. The Kier molecular flexibility index (Phi) is 2.37. The van der Waals surface area contributed by atoms with Gasteiger partial charge in [-0.2, -0.15) is 0 Å². The molecule has 0 aromatic rings. The van der Waals surface area contributed by atoms with Crippen molar-refractivity contribution in [3.05, 3.63) is 23.8 Å². The van der Waals surface area contributed by atoms with E-state index in [0.717, 1.165) is 0 Å². The summed E-state index contributed by atoms with van der Waals surface area (Å²) in [6, 6.07) is 0. The molecule has 2 unspecified atom stereocenters. The molecule has 0 fully saturated rings. The first-order chi connectivity index (χ1) is 6.66. The lowest BCUT2D eigenvalue weighted by molar-refractivity contribution is -0.154. The molecule has 0 bridgehead atoms. The maximum atomic E-state index is 10.8. The Morgan fingerprint density at radius 1 is 1.43 bits per heavy atom. The van der Waals surface area contributed by atoms with Gasteiger partial charge in [0, 0.05) is 11.6 Å². The molecule has 0 spiro atoms. The largest absolute Gasteiger partial charge is 0.429 e. The van der Waals surface area contributed by atoms with Gasteiger partial charge in [0.2, 0.25) is 6.29 Å². The predicted molar refractivity (Wildman–Crippen MR) is 44.8 cm³/mol. The predicted octanol–water partition coefficient (Wildman–Crippen LogP) is -0.549. The molecular weight excluding hydrogens is 188 g/mol. The van der Waals surface area contributed by atoms with Crippen molar-refractivity contribution in [2.24, 2.45) is 0 Å². The van der Waals surface area contributed by atoms with Gasteiger partial charge in [-0.05, 0) is 12.5 Å². The van der Waals surface area contributed by atoms with Gasteiger partial charge in [0.25, 0.3) is 0 Å². The van der Waals surface area contributed by atoms with Crippen molar-refractivity contribution in [3.63, 3.8) is 0 Å². The van der Waals surface area contributed by atoms with Crippen LogP contribution in [0.5, 0.6) is 0 Å². The average molecular weight is 198 g/mol. The lowest BCUT2D eigenvalue weighted by atomic mass is 10.1. The third kappa shape index (κ3) is 1.70. The molecule has 0 saturated carbocycles.